The third-order valence-corrected chi connectivity index (χ3v) is 9.84. The highest BCUT2D eigenvalue weighted by atomic mass is 28.4. The largest absolute Gasteiger partial charge is 0.472 e. The summed E-state index contributed by atoms with van der Waals surface area (Å²) >= 11 is 0. The summed E-state index contributed by atoms with van der Waals surface area (Å²) in [5.74, 6) is -0.727. The zero-order valence-corrected chi connectivity index (χ0v) is 15.9. The molecule has 1 aliphatic carbocycles. The quantitative estimate of drug-likeness (QED) is 0.484. The topological polar surface area (TPSA) is 65.0 Å². The smallest absolute Gasteiger partial charge is 0.337 e. The average molecular weight is 340 g/mol. The minimum absolute atomic E-state index is 0.0933. The molecule has 1 aliphatic heterocycles. The third kappa shape index (κ3) is 3.54. The maximum Gasteiger partial charge on any atom is 0.337 e. The highest BCUT2D eigenvalue weighted by Crippen LogP contribution is 2.44. The van der Waals surface area contributed by atoms with E-state index in [1.54, 1.807) is 0 Å². The first-order valence-electron chi connectivity index (χ1n) is 8.03. The van der Waals surface area contributed by atoms with E-state index in [4.69, 9.17) is 13.9 Å². The minimum Gasteiger partial charge on any atom is -0.472 e. The van der Waals surface area contributed by atoms with Crippen molar-refractivity contribution in [3.05, 3.63) is 23.5 Å². The van der Waals surface area contributed by atoms with Crippen LogP contribution in [0.5, 0.6) is 0 Å². The Morgan fingerprint density at radius 1 is 1.43 bits per heavy atom. The van der Waals surface area contributed by atoms with Gasteiger partial charge in [0.2, 0.25) is 6.29 Å². The van der Waals surface area contributed by atoms with Crippen LogP contribution >= 0.6 is 0 Å². The fourth-order valence-electron chi connectivity index (χ4n) is 2.79. The van der Waals surface area contributed by atoms with Gasteiger partial charge < -0.3 is 19.0 Å². The van der Waals surface area contributed by atoms with Gasteiger partial charge in [-0.15, -0.1) is 0 Å². The molecule has 0 fully saturated rings. The van der Waals surface area contributed by atoms with Gasteiger partial charge in [0.25, 0.3) is 0 Å². The van der Waals surface area contributed by atoms with Crippen LogP contribution in [0.15, 0.2) is 23.5 Å². The number of aliphatic hydroxyl groups excluding tert-OH is 1. The van der Waals surface area contributed by atoms with Crippen LogP contribution in [-0.2, 0) is 18.7 Å². The molecular weight excluding hydrogens is 312 g/mol. The second kappa shape index (κ2) is 6.41. The summed E-state index contributed by atoms with van der Waals surface area (Å²) in [4.78, 5) is 11.9. The van der Waals surface area contributed by atoms with Crippen molar-refractivity contribution in [3.63, 3.8) is 0 Å². The molecule has 0 unspecified atom stereocenters. The molecule has 3 atom stereocenters. The Bertz CT molecular complexity index is 530. The normalized spacial score (nSPS) is 27.7. The van der Waals surface area contributed by atoms with E-state index >= 15 is 0 Å². The number of carbonyl (C=O) groups is 1. The van der Waals surface area contributed by atoms with Crippen molar-refractivity contribution in [3.8, 4) is 0 Å². The molecule has 2 aliphatic rings. The number of allylic oxidation sites excluding steroid dienone is 1. The van der Waals surface area contributed by atoms with Crippen molar-refractivity contribution in [2.45, 2.75) is 51.6 Å². The molecule has 0 saturated carbocycles. The van der Waals surface area contributed by atoms with Crippen LogP contribution in [0.4, 0.5) is 0 Å². The van der Waals surface area contributed by atoms with E-state index in [1.165, 1.54) is 13.4 Å². The number of hydrogen-bond donors (Lipinski definition) is 1. The van der Waals surface area contributed by atoms with Crippen molar-refractivity contribution in [1.29, 1.82) is 0 Å². The molecule has 0 bridgehead atoms. The molecule has 0 saturated heterocycles. The van der Waals surface area contributed by atoms with E-state index in [-0.39, 0.29) is 16.9 Å². The number of fused-ring (bicyclic) bond motifs is 1. The van der Waals surface area contributed by atoms with Crippen LogP contribution in [0.3, 0.4) is 0 Å². The molecule has 1 N–H and O–H groups in total. The first-order valence-corrected chi connectivity index (χ1v) is 10.9. The van der Waals surface area contributed by atoms with Crippen LogP contribution < -0.4 is 0 Å². The Morgan fingerprint density at radius 3 is 2.65 bits per heavy atom. The van der Waals surface area contributed by atoms with Gasteiger partial charge in [-0.1, -0.05) is 26.8 Å². The number of hydrogen-bond acceptors (Lipinski definition) is 5. The summed E-state index contributed by atoms with van der Waals surface area (Å²) in [6.07, 6.45) is 3.16. The average Bonchev–Trinajstić information content (AvgIpc) is 2.88. The highest BCUT2D eigenvalue weighted by Gasteiger charge is 2.45. The second-order valence-corrected chi connectivity index (χ2v) is 12.6. The van der Waals surface area contributed by atoms with Gasteiger partial charge in [-0.25, -0.2) is 4.79 Å². The van der Waals surface area contributed by atoms with Crippen LogP contribution in [-0.4, -0.2) is 39.4 Å². The lowest BCUT2D eigenvalue weighted by Gasteiger charge is -2.37. The predicted octanol–water partition coefficient (Wildman–Crippen LogP) is 2.98. The summed E-state index contributed by atoms with van der Waals surface area (Å²) in [5, 5.41) is 10.3. The van der Waals surface area contributed by atoms with E-state index in [0.717, 1.165) is 5.57 Å². The molecule has 0 amide bonds. The molecule has 130 valence electrons. The van der Waals surface area contributed by atoms with Crippen LogP contribution in [0, 0.1) is 11.8 Å². The Morgan fingerprint density at radius 2 is 2.09 bits per heavy atom. The standard InChI is InChI=1S/C17H28O5Si/c1-17(2,3)23(5,6)22-9-11-7-8-12-13(15(18)20-4)10-21-16(19)14(11)12/h7,10,12,14,16,19H,8-9H2,1-6H3/t12-,14-,16-/m1/s1. The fraction of sp³-hybridized carbons (Fsp3) is 0.706. The van der Waals surface area contributed by atoms with Gasteiger partial charge in [0.1, 0.15) is 0 Å². The number of methoxy groups -OCH3 is 1. The lowest BCUT2D eigenvalue weighted by molar-refractivity contribution is -0.141. The van der Waals surface area contributed by atoms with Gasteiger partial charge in [-0.3, -0.25) is 0 Å². The first-order chi connectivity index (χ1) is 10.6. The fourth-order valence-corrected chi connectivity index (χ4v) is 3.75. The number of ether oxygens (including phenoxy) is 2. The first kappa shape index (κ1) is 18.2. The number of carbonyl (C=O) groups excluding carboxylic acids is 1. The maximum absolute atomic E-state index is 11.9. The molecular formula is C17H28O5Si. The summed E-state index contributed by atoms with van der Waals surface area (Å²) in [6.45, 7) is 11.5. The Kier molecular flexibility index (Phi) is 5.08. The molecule has 0 aromatic heterocycles. The van der Waals surface area contributed by atoms with Crippen molar-refractivity contribution >= 4 is 14.3 Å². The number of rotatable bonds is 4. The zero-order valence-electron chi connectivity index (χ0n) is 14.9. The SMILES string of the molecule is COC(=O)C1=CO[C@@H](O)[C@@H]2C(CO[Si](C)(C)C(C)(C)C)=CC[C@H]12. The van der Waals surface area contributed by atoms with Gasteiger partial charge in [0, 0.05) is 5.92 Å². The molecule has 23 heavy (non-hydrogen) atoms. The maximum atomic E-state index is 11.9. The van der Waals surface area contributed by atoms with Gasteiger partial charge in [0.05, 0.1) is 31.5 Å². The Hall–Kier alpha value is -1.11. The van der Waals surface area contributed by atoms with Crippen molar-refractivity contribution < 1.29 is 23.8 Å². The van der Waals surface area contributed by atoms with Gasteiger partial charge in [-0.2, -0.15) is 0 Å². The van der Waals surface area contributed by atoms with Gasteiger partial charge in [-0.05, 0) is 30.1 Å². The molecule has 1 heterocycles. The summed E-state index contributed by atoms with van der Waals surface area (Å²) in [5.41, 5.74) is 1.50. The van der Waals surface area contributed by atoms with Crippen LogP contribution in [0.2, 0.25) is 18.1 Å². The van der Waals surface area contributed by atoms with Crippen LogP contribution in [0.25, 0.3) is 0 Å². The highest BCUT2D eigenvalue weighted by molar-refractivity contribution is 6.74. The predicted molar refractivity (Wildman–Crippen MR) is 90.0 cm³/mol. The molecule has 0 radical (unpaired) electrons. The van der Waals surface area contributed by atoms with Crippen molar-refractivity contribution in [1.82, 2.24) is 0 Å². The molecule has 5 nitrogen and oxygen atoms in total. The summed E-state index contributed by atoms with van der Waals surface area (Å²) < 4.78 is 16.3. The molecule has 2 rings (SSSR count). The Labute approximate surface area is 139 Å². The summed E-state index contributed by atoms with van der Waals surface area (Å²) in [6, 6.07) is 0. The molecule has 0 aromatic carbocycles. The minimum atomic E-state index is -1.87. The third-order valence-electron chi connectivity index (χ3n) is 5.36. The lowest BCUT2D eigenvalue weighted by atomic mass is 9.83. The van der Waals surface area contributed by atoms with E-state index in [0.29, 0.717) is 18.6 Å². The zero-order chi connectivity index (χ0) is 17.4. The Balaban J connectivity index is 2.10. The van der Waals surface area contributed by atoms with Gasteiger partial charge in [0.15, 0.2) is 8.32 Å². The van der Waals surface area contributed by atoms with Crippen LogP contribution in [0.1, 0.15) is 27.2 Å². The lowest BCUT2D eigenvalue weighted by Crippen LogP contribution is -2.42. The van der Waals surface area contributed by atoms with Gasteiger partial charge >= 0.3 is 5.97 Å². The molecule has 0 spiro atoms. The van der Waals surface area contributed by atoms with Crippen molar-refractivity contribution in [2.75, 3.05) is 13.7 Å². The second-order valence-electron chi connectivity index (χ2n) is 7.79. The molecule has 0 aromatic rings. The number of aliphatic hydroxyl groups is 1. The van der Waals surface area contributed by atoms with E-state index < -0.39 is 20.6 Å². The van der Waals surface area contributed by atoms with E-state index in [1.807, 2.05) is 0 Å². The van der Waals surface area contributed by atoms with Crippen molar-refractivity contribution in [2.24, 2.45) is 11.8 Å². The number of esters is 1. The monoisotopic (exact) mass is 340 g/mol. The summed E-state index contributed by atoms with van der Waals surface area (Å²) in [7, 11) is -0.512. The van der Waals surface area contributed by atoms with E-state index in [9.17, 15) is 9.90 Å². The molecule has 6 heteroatoms. The van der Waals surface area contributed by atoms with E-state index in [2.05, 4.69) is 39.9 Å².